The van der Waals surface area contributed by atoms with E-state index in [2.05, 4.69) is 42.2 Å². The number of hydrogen-bond donors (Lipinski definition) is 1. The molecule has 3 amide bonds. The summed E-state index contributed by atoms with van der Waals surface area (Å²) in [6.45, 7) is 3.99. The lowest BCUT2D eigenvalue weighted by Crippen LogP contribution is -2.51. The van der Waals surface area contributed by atoms with Gasteiger partial charge in [-0.15, -0.1) is 0 Å². The van der Waals surface area contributed by atoms with Crippen LogP contribution in [0.15, 0.2) is 72.8 Å². The van der Waals surface area contributed by atoms with Crippen molar-refractivity contribution in [3.8, 4) is 11.3 Å². The zero-order chi connectivity index (χ0) is 25.5. The van der Waals surface area contributed by atoms with E-state index in [1.807, 2.05) is 42.5 Å². The highest BCUT2D eigenvalue weighted by molar-refractivity contribution is 6.03. The van der Waals surface area contributed by atoms with Crippen LogP contribution in [0.4, 0.5) is 0 Å². The number of nitrogens with zero attached hydrogens (tertiary/aromatic N) is 3. The van der Waals surface area contributed by atoms with E-state index >= 15 is 0 Å². The molecule has 1 atom stereocenters. The summed E-state index contributed by atoms with van der Waals surface area (Å²) in [5.41, 5.74) is 6.68. The van der Waals surface area contributed by atoms with E-state index in [0.717, 1.165) is 39.7 Å². The van der Waals surface area contributed by atoms with Gasteiger partial charge in [0.1, 0.15) is 6.54 Å². The molecule has 3 heterocycles. The van der Waals surface area contributed by atoms with Crippen molar-refractivity contribution in [1.82, 2.24) is 19.7 Å². The molecule has 0 unspecified atom stereocenters. The van der Waals surface area contributed by atoms with Gasteiger partial charge in [-0.05, 0) is 30.2 Å². The highest BCUT2D eigenvalue weighted by Crippen LogP contribution is 2.45. The first kappa shape index (κ1) is 23.0. The average Bonchev–Trinajstić information content (AvgIpc) is 3.44. The molecule has 1 fully saturated rings. The molecule has 1 N–H and O–H groups in total. The summed E-state index contributed by atoms with van der Waals surface area (Å²) in [5.74, 6) is -0.242. The summed E-state index contributed by atoms with van der Waals surface area (Å²) >= 11 is 0. The zero-order valence-electron chi connectivity index (χ0n) is 20.7. The maximum atomic E-state index is 13.7. The number of aryl methyl sites for hydroxylation is 1. The Morgan fingerprint density at radius 3 is 2.41 bits per heavy atom. The second kappa shape index (κ2) is 9.24. The van der Waals surface area contributed by atoms with Crippen LogP contribution in [0.25, 0.3) is 22.2 Å². The number of rotatable bonds is 5. The summed E-state index contributed by atoms with van der Waals surface area (Å²) in [7, 11) is 0. The molecule has 186 valence electrons. The molecule has 2 aliphatic heterocycles. The number of aromatic nitrogens is 1. The third kappa shape index (κ3) is 3.96. The van der Waals surface area contributed by atoms with Crippen molar-refractivity contribution in [2.24, 2.45) is 0 Å². The number of amides is 3. The van der Waals surface area contributed by atoms with Crippen LogP contribution >= 0.6 is 0 Å². The quantitative estimate of drug-likeness (QED) is 0.428. The number of H-pyrrole nitrogens is 1. The number of aromatic amines is 1. The molecule has 3 aromatic carbocycles. The van der Waals surface area contributed by atoms with Gasteiger partial charge in [-0.1, -0.05) is 66.2 Å². The lowest BCUT2D eigenvalue weighted by molar-refractivity contribution is -0.135. The number of carbonyl (C=O) groups excluding carboxylic acids is 3. The van der Waals surface area contributed by atoms with E-state index < -0.39 is 6.04 Å². The van der Waals surface area contributed by atoms with Gasteiger partial charge in [0.15, 0.2) is 0 Å². The van der Waals surface area contributed by atoms with Gasteiger partial charge in [0, 0.05) is 48.2 Å². The van der Waals surface area contributed by atoms with Crippen molar-refractivity contribution in [2.75, 3.05) is 32.7 Å². The maximum Gasteiger partial charge on any atom is 0.255 e. The van der Waals surface area contributed by atoms with Crippen LogP contribution in [0, 0.1) is 6.92 Å². The van der Waals surface area contributed by atoms with Gasteiger partial charge < -0.3 is 19.7 Å². The summed E-state index contributed by atoms with van der Waals surface area (Å²) in [6.07, 6.45) is 0.822. The second-order valence-corrected chi connectivity index (χ2v) is 9.77. The molecule has 4 aromatic rings. The van der Waals surface area contributed by atoms with Crippen molar-refractivity contribution in [1.29, 1.82) is 0 Å². The molecule has 0 spiro atoms. The van der Waals surface area contributed by atoms with Gasteiger partial charge in [-0.3, -0.25) is 14.4 Å². The summed E-state index contributed by atoms with van der Waals surface area (Å²) < 4.78 is 0. The molecular weight excluding hydrogens is 464 g/mol. The lowest BCUT2D eigenvalue weighted by Gasteiger charge is -2.34. The molecular formula is C30H28N4O3. The first-order valence-corrected chi connectivity index (χ1v) is 12.6. The Morgan fingerprint density at radius 1 is 0.946 bits per heavy atom. The first-order valence-electron chi connectivity index (χ1n) is 12.6. The molecule has 7 heteroatoms. The highest BCUT2D eigenvalue weighted by Gasteiger charge is 2.41. The number of hydrogen-bond acceptors (Lipinski definition) is 3. The summed E-state index contributed by atoms with van der Waals surface area (Å²) in [5, 5.41) is 1.03. The van der Waals surface area contributed by atoms with Gasteiger partial charge in [-0.25, -0.2) is 0 Å². The number of para-hydroxylation sites is 1. The van der Waals surface area contributed by atoms with Crippen molar-refractivity contribution < 1.29 is 14.4 Å². The third-order valence-electron chi connectivity index (χ3n) is 7.54. The van der Waals surface area contributed by atoms with Gasteiger partial charge >= 0.3 is 0 Å². The Kier molecular flexibility index (Phi) is 5.75. The molecule has 37 heavy (non-hydrogen) atoms. The monoisotopic (exact) mass is 492 g/mol. The topological polar surface area (TPSA) is 76.7 Å². The fraction of sp³-hybridized carbons (Fsp3) is 0.233. The molecule has 0 bridgehead atoms. The van der Waals surface area contributed by atoms with Crippen molar-refractivity contribution in [2.45, 2.75) is 13.0 Å². The van der Waals surface area contributed by atoms with Crippen LogP contribution < -0.4 is 0 Å². The standard InChI is InChI=1S/C30H28N4O3/c1-20-10-12-21(13-11-20)28-27(24-8-4-5-9-25(24)31-28)29-22-6-2-3-7-23(22)30(37)34(29)18-26(36)33-16-14-32(19-35)15-17-33/h2-13,19,29,31H,14-18H2,1H3/t29-/m0/s1. The molecule has 1 saturated heterocycles. The fourth-order valence-electron chi connectivity index (χ4n) is 5.56. The van der Waals surface area contributed by atoms with E-state index in [0.29, 0.717) is 31.7 Å². The highest BCUT2D eigenvalue weighted by atomic mass is 16.2. The molecule has 6 rings (SSSR count). The Hall–Kier alpha value is -4.39. The largest absolute Gasteiger partial charge is 0.354 e. The van der Waals surface area contributed by atoms with Crippen LogP contribution in [0.1, 0.15) is 33.1 Å². The Bertz CT molecular complexity index is 1500. The predicted molar refractivity (Wildman–Crippen MR) is 142 cm³/mol. The van der Waals surface area contributed by atoms with Crippen LogP contribution in [0.5, 0.6) is 0 Å². The van der Waals surface area contributed by atoms with E-state index in [4.69, 9.17) is 0 Å². The normalized spacial score (nSPS) is 17.4. The van der Waals surface area contributed by atoms with E-state index in [1.165, 1.54) is 5.56 Å². The number of carbonyl (C=O) groups is 3. The van der Waals surface area contributed by atoms with E-state index in [9.17, 15) is 14.4 Å². The van der Waals surface area contributed by atoms with Crippen LogP contribution in [0.3, 0.4) is 0 Å². The SMILES string of the molecule is Cc1ccc(-c2[nH]c3ccccc3c2[C@@H]2c3ccccc3C(=O)N2CC(=O)N2CCN(C=O)CC2)cc1. The van der Waals surface area contributed by atoms with Gasteiger partial charge in [0.05, 0.1) is 11.7 Å². The minimum Gasteiger partial charge on any atom is -0.354 e. The molecule has 7 nitrogen and oxygen atoms in total. The molecule has 1 aromatic heterocycles. The van der Waals surface area contributed by atoms with E-state index in [1.54, 1.807) is 14.7 Å². The number of nitrogens with one attached hydrogen (secondary N) is 1. The Labute approximate surface area is 215 Å². The van der Waals surface area contributed by atoms with Crippen molar-refractivity contribution in [3.63, 3.8) is 0 Å². The summed E-state index contributed by atoms with van der Waals surface area (Å²) in [6, 6.07) is 23.7. The van der Waals surface area contributed by atoms with E-state index in [-0.39, 0.29) is 18.4 Å². The van der Waals surface area contributed by atoms with Gasteiger partial charge in [-0.2, -0.15) is 0 Å². The predicted octanol–water partition coefficient (Wildman–Crippen LogP) is 3.99. The maximum absolute atomic E-state index is 13.7. The summed E-state index contributed by atoms with van der Waals surface area (Å²) in [4.78, 5) is 47.0. The number of benzene rings is 3. The molecule has 0 aliphatic carbocycles. The smallest absolute Gasteiger partial charge is 0.255 e. The van der Waals surface area contributed by atoms with Crippen LogP contribution in [-0.2, 0) is 9.59 Å². The average molecular weight is 493 g/mol. The van der Waals surface area contributed by atoms with Gasteiger partial charge in [0.25, 0.3) is 5.91 Å². The minimum atomic E-state index is -0.406. The third-order valence-corrected chi connectivity index (χ3v) is 7.54. The van der Waals surface area contributed by atoms with Crippen LogP contribution in [-0.4, -0.2) is 70.6 Å². The molecule has 0 radical (unpaired) electrons. The second-order valence-electron chi connectivity index (χ2n) is 9.77. The van der Waals surface area contributed by atoms with Crippen molar-refractivity contribution >= 4 is 29.1 Å². The lowest BCUT2D eigenvalue weighted by atomic mass is 9.93. The Balaban J connectivity index is 1.45. The minimum absolute atomic E-state index is 0.0217. The first-order chi connectivity index (χ1) is 18.0. The number of fused-ring (bicyclic) bond motifs is 2. The zero-order valence-corrected chi connectivity index (χ0v) is 20.7. The fourth-order valence-corrected chi connectivity index (χ4v) is 5.56. The molecule has 2 aliphatic rings. The Morgan fingerprint density at radius 2 is 1.65 bits per heavy atom. The number of piperazine rings is 1. The van der Waals surface area contributed by atoms with Crippen molar-refractivity contribution in [3.05, 3.63) is 95.1 Å². The van der Waals surface area contributed by atoms with Crippen LogP contribution in [0.2, 0.25) is 0 Å². The molecule has 0 saturated carbocycles. The van der Waals surface area contributed by atoms with Gasteiger partial charge in [0.2, 0.25) is 12.3 Å².